The van der Waals surface area contributed by atoms with Gasteiger partial charge in [0, 0.05) is 29.3 Å². The van der Waals surface area contributed by atoms with Gasteiger partial charge in [-0.05, 0) is 43.0 Å². The summed E-state index contributed by atoms with van der Waals surface area (Å²) in [5.41, 5.74) is 4.47. The lowest BCUT2D eigenvalue weighted by molar-refractivity contribution is 0.102. The quantitative estimate of drug-likeness (QED) is 0.746. The van der Waals surface area contributed by atoms with Gasteiger partial charge in [0.15, 0.2) is 11.5 Å². The van der Waals surface area contributed by atoms with E-state index in [-0.39, 0.29) is 5.91 Å². The number of nitrogens with one attached hydrogen (secondary N) is 1. The molecule has 2 aromatic carbocycles. The Balaban J connectivity index is 1.53. The molecule has 5 heteroatoms. The van der Waals surface area contributed by atoms with E-state index in [9.17, 15) is 4.79 Å². The monoisotopic (exact) mass is 360 g/mol. The second-order valence-corrected chi connectivity index (χ2v) is 6.95. The van der Waals surface area contributed by atoms with Crippen molar-refractivity contribution >= 4 is 22.5 Å². The summed E-state index contributed by atoms with van der Waals surface area (Å²) in [6.45, 7) is 1.26. The van der Waals surface area contributed by atoms with Gasteiger partial charge in [0.05, 0.1) is 24.3 Å². The van der Waals surface area contributed by atoms with Crippen molar-refractivity contribution in [1.29, 1.82) is 0 Å². The van der Waals surface area contributed by atoms with E-state index in [4.69, 9.17) is 14.5 Å². The Hall–Kier alpha value is -3.08. The van der Waals surface area contributed by atoms with Crippen LogP contribution in [-0.2, 0) is 12.8 Å². The number of para-hydroxylation sites is 1. The summed E-state index contributed by atoms with van der Waals surface area (Å²) in [5, 5.41) is 3.96. The van der Waals surface area contributed by atoms with Crippen molar-refractivity contribution in [1.82, 2.24) is 4.98 Å². The van der Waals surface area contributed by atoms with Crippen LogP contribution in [0.3, 0.4) is 0 Å². The Labute approximate surface area is 157 Å². The predicted molar refractivity (Wildman–Crippen MR) is 104 cm³/mol. The number of rotatable bonds is 2. The number of anilines is 1. The Morgan fingerprint density at radius 3 is 2.74 bits per heavy atom. The highest BCUT2D eigenvalue weighted by molar-refractivity contribution is 6.13. The fraction of sp³-hybridized carbons (Fsp3) is 0.273. The van der Waals surface area contributed by atoms with Crippen LogP contribution in [0.1, 0.15) is 34.5 Å². The smallest absolute Gasteiger partial charge is 0.256 e. The zero-order chi connectivity index (χ0) is 18.2. The van der Waals surface area contributed by atoms with Gasteiger partial charge in [-0.15, -0.1) is 0 Å². The van der Waals surface area contributed by atoms with E-state index in [0.717, 1.165) is 59.2 Å². The summed E-state index contributed by atoms with van der Waals surface area (Å²) in [4.78, 5) is 18.0. The van der Waals surface area contributed by atoms with Gasteiger partial charge < -0.3 is 14.8 Å². The third-order valence-corrected chi connectivity index (χ3v) is 5.15. The number of pyridine rings is 1. The summed E-state index contributed by atoms with van der Waals surface area (Å²) >= 11 is 0. The summed E-state index contributed by atoms with van der Waals surface area (Å²) in [6.07, 6.45) is 3.73. The lowest BCUT2D eigenvalue weighted by Gasteiger charge is -2.14. The second-order valence-electron chi connectivity index (χ2n) is 6.95. The number of aromatic nitrogens is 1. The Morgan fingerprint density at radius 1 is 0.963 bits per heavy atom. The molecule has 0 unspecified atom stereocenters. The van der Waals surface area contributed by atoms with Crippen LogP contribution in [0, 0.1) is 0 Å². The van der Waals surface area contributed by atoms with Crippen LogP contribution in [0.15, 0.2) is 42.5 Å². The molecule has 2 aliphatic rings. The van der Waals surface area contributed by atoms with Gasteiger partial charge in [-0.1, -0.05) is 18.2 Å². The van der Waals surface area contributed by atoms with Crippen LogP contribution in [-0.4, -0.2) is 24.1 Å². The molecule has 0 fully saturated rings. The van der Waals surface area contributed by atoms with E-state index in [2.05, 4.69) is 5.32 Å². The topological polar surface area (TPSA) is 60.5 Å². The Bertz CT molecular complexity index is 1050. The molecule has 1 aromatic heterocycles. The maximum Gasteiger partial charge on any atom is 0.256 e. The average molecular weight is 360 g/mol. The molecule has 1 aliphatic heterocycles. The molecule has 1 N–H and O–H groups in total. The molecule has 2 heterocycles. The highest BCUT2D eigenvalue weighted by Gasteiger charge is 2.24. The first-order chi connectivity index (χ1) is 13.3. The van der Waals surface area contributed by atoms with E-state index >= 15 is 0 Å². The standard InChI is InChI=1S/C22H20N2O3/c25-22(23-14-9-10-19-20(13-14)27-12-4-11-26-19)21-15-5-1-2-7-17(15)24-18-8-3-6-16(18)21/h1-2,5,7,9-10,13H,3-4,6,8,11-12H2,(H,23,25). The molecule has 0 bridgehead atoms. The minimum absolute atomic E-state index is 0.0961. The van der Waals surface area contributed by atoms with Crippen molar-refractivity contribution < 1.29 is 14.3 Å². The predicted octanol–water partition coefficient (Wildman–Crippen LogP) is 4.14. The minimum atomic E-state index is -0.0961. The molecule has 0 spiro atoms. The Kier molecular flexibility index (Phi) is 3.93. The fourth-order valence-electron chi connectivity index (χ4n) is 3.90. The number of carbonyl (C=O) groups is 1. The van der Waals surface area contributed by atoms with Crippen molar-refractivity contribution in [3.63, 3.8) is 0 Å². The van der Waals surface area contributed by atoms with Gasteiger partial charge in [-0.2, -0.15) is 0 Å². The third-order valence-electron chi connectivity index (χ3n) is 5.15. The summed E-state index contributed by atoms with van der Waals surface area (Å²) in [5.74, 6) is 1.30. The molecule has 0 saturated heterocycles. The first-order valence-corrected chi connectivity index (χ1v) is 9.41. The maximum atomic E-state index is 13.2. The number of ether oxygens (including phenoxy) is 2. The van der Waals surface area contributed by atoms with Crippen molar-refractivity contribution in [2.24, 2.45) is 0 Å². The number of nitrogens with zero attached hydrogens (tertiary/aromatic N) is 1. The van der Waals surface area contributed by atoms with Gasteiger partial charge in [0.25, 0.3) is 5.91 Å². The van der Waals surface area contributed by atoms with Gasteiger partial charge in [-0.25, -0.2) is 0 Å². The van der Waals surface area contributed by atoms with Gasteiger partial charge in [0.2, 0.25) is 0 Å². The summed E-state index contributed by atoms with van der Waals surface area (Å²) < 4.78 is 11.4. The van der Waals surface area contributed by atoms with Crippen molar-refractivity contribution in [3.8, 4) is 11.5 Å². The molecular weight excluding hydrogens is 340 g/mol. The fourth-order valence-corrected chi connectivity index (χ4v) is 3.90. The van der Waals surface area contributed by atoms with Gasteiger partial charge in [0.1, 0.15) is 0 Å². The highest BCUT2D eigenvalue weighted by Crippen LogP contribution is 2.34. The normalized spacial score (nSPS) is 15.3. The summed E-state index contributed by atoms with van der Waals surface area (Å²) in [7, 11) is 0. The number of hydrogen-bond donors (Lipinski definition) is 1. The van der Waals surface area contributed by atoms with Gasteiger partial charge in [-0.3, -0.25) is 9.78 Å². The van der Waals surface area contributed by atoms with Crippen molar-refractivity contribution in [3.05, 3.63) is 59.3 Å². The lowest BCUT2D eigenvalue weighted by Crippen LogP contribution is -2.15. The van der Waals surface area contributed by atoms with Crippen molar-refractivity contribution in [2.45, 2.75) is 25.7 Å². The van der Waals surface area contributed by atoms with E-state index in [1.807, 2.05) is 42.5 Å². The first kappa shape index (κ1) is 16.1. The van der Waals surface area contributed by atoms with Crippen LogP contribution in [0.2, 0.25) is 0 Å². The molecule has 0 atom stereocenters. The highest BCUT2D eigenvalue weighted by atomic mass is 16.5. The largest absolute Gasteiger partial charge is 0.490 e. The SMILES string of the molecule is O=C(Nc1ccc2c(c1)OCCCO2)c1c2c(nc3ccccc13)CCC2. The molecule has 5 nitrogen and oxygen atoms in total. The van der Waals surface area contributed by atoms with Crippen LogP contribution < -0.4 is 14.8 Å². The molecule has 1 amide bonds. The number of amides is 1. The zero-order valence-electron chi connectivity index (χ0n) is 15.0. The molecule has 0 radical (unpaired) electrons. The van der Waals surface area contributed by atoms with Crippen LogP contribution >= 0.6 is 0 Å². The van der Waals surface area contributed by atoms with Crippen LogP contribution in [0.25, 0.3) is 10.9 Å². The lowest BCUT2D eigenvalue weighted by atomic mass is 10.0. The molecular formula is C22H20N2O3. The van der Waals surface area contributed by atoms with E-state index in [1.54, 1.807) is 0 Å². The minimum Gasteiger partial charge on any atom is -0.490 e. The third kappa shape index (κ3) is 2.89. The number of aryl methyl sites for hydroxylation is 1. The zero-order valence-corrected chi connectivity index (χ0v) is 15.0. The van der Waals surface area contributed by atoms with Crippen LogP contribution in [0.4, 0.5) is 5.69 Å². The Morgan fingerprint density at radius 2 is 1.81 bits per heavy atom. The molecule has 3 aromatic rings. The second kappa shape index (κ2) is 6.58. The molecule has 5 rings (SSSR count). The van der Waals surface area contributed by atoms with E-state index in [0.29, 0.717) is 24.7 Å². The van der Waals surface area contributed by atoms with E-state index < -0.39 is 0 Å². The van der Waals surface area contributed by atoms with Gasteiger partial charge >= 0.3 is 0 Å². The number of fused-ring (bicyclic) bond motifs is 3. The first-order valence-electron chi connectivity index (χ1n) is 9.41. The van der Waals surface area contributed by atoms with Crippen molar-refractivity contribution in [2.75, 3.05) is 18.5 Å². The van der Waals surface area contributed by atoms with Crippen LogP contribution in [0.5, 0.6) is 11.5 Å². The number of carbonyl (C=O) groups excluding carboxylic acids is 1. The number of benzene rings is 2. The maximum absolute atomic E-state index is 13.2. The molecule has 0 saturated carbocycles. The molecule has 27 heavy (non-hydrogen) atoms. The molecule has 136 valence electrons. The number of hydrogen-bond acceptors (Lipinski definition) is 4. The summed E-state index contributed by atoms with van der Waals surface area (Å²) in [6, 6.07) is 13.4. The molecule has 1 aliphatic carbocycles. The average Bonchev–Trinajstić information content (AvgIpc) is 3.02. The van der Waals surface area contributed by atoms with E-state index in [1.165, 1.54) is 0 Å².